The van der Waals surface area contributed by atoms with Crippen LogP contribution in [0.5, 0.6) is 11.5 Å². The maximum atomic E-state index is 6.14. The van der Waals surface area contributed by atoms with E-state index in [4.69, 9.17) is 25.8 Å². The van der Waals surface area contributed by atoms with Crippen LogP contribution in [0.1, 0.15) is 47.6 Å². The van der Waals surface area contributed by atoms with Gasteiger partial charge < -0.3 is 19.1 Å². The summed E-state index contributed by atoms with van der Waals surface area (Å²) in [5.74, 6) is 2.30. The van der Waals surface area contributed by atoms with Crippen LogP contribution in [-0.4, -0.2) is 49.8 Å². The molecule has 1 fully saturated rings. The third-order valence-corrected chi connectivity index (χ3v) is 7.32. The Labute approximate surface area is 218 Å². The van der Waals surface area contributed by atoms with Crippen molar-refractivity contribution in [1.29, 1.82) is 0 Å². The number of hydrogen-bond acceptors (Lipinski definition) is 5. The predicted molar refractivity (Wildman–Crippen MR) is 144 cm³/mol. The third kappa shape index (κ3) is 5.92. The fourth-order valence-electron chi connectivity index (χ4n) is 5.10. The summed E-state index contributed by atoms with van der Waals surface area (Å²) in [5.41, 5.74) is 5.72. The lowest BCUT2D eigenvalue weighted by molar-refractivity contribution is 0.146. The van der Waals surface area contributed by atoms with Gasteiger partial charge in [0.1, 0.15) is 24.7 Å². The Morgan fingerprint density at radius 1 is 1.06 bits per heavy atom. The molecule has 0 unspecified atom stereocenters. The van der Waals surface area contributed by atoms with Gasteiger partial charge in [0.25, 0.3) is 0 Å². The van der Waals surface area contributed by atoms with Crippen molar-refractivity contribution in [3.63, 3.8) is 0 Å². The van der Waals surface area contributed by atoms with E-state index in [9.17, 15) is 0 Å². The Bertz CT molecular complexity index is 1190. The lowest BCUT2D eigenvalue weighted by Crippen LogP contribution is -2.33. The number of aromatic nitrogens is 1. The zero-order chi connectivity index (χ0) is 24.7. The van der Waals surface area contributed by atoms with Crippen molar-refractivity contribution in [2.45, 2.75) is 31.8 Å². The number of hydrogen-bond donors (Lipinski definition) is 0. The summed E-state index contributed by atoms with van der Waals surface area (Å²) in [5, 5.41) is 0.806. The Morgan fingerprint density at radius 2 is 1.89 bits per heavy atom. The Balaban J connectivity index is 1.29. The van der Waals surface area contributed by atoms with Crippen LogP contribution in [0.4, 0.5) is 0 Å². The SMILES string of the molecule is COCCOc1ccc2c(c1)C(=CCCN1CCC(c3ccc(Cl)cc3)CC1)c1cccnc1CO2. The van der Waals surface area contributed by atoms with E-state index >= 15 is 0 Å². The Morgan fingerprint density at radius 3 is 2.69 bits per heavy atom. The molecule has 0 aliphatic carbocycles. The van der Waals surface area contributed by atoms with Gasteiger partial charge in [0.15, 0.2) is 0 Å². The second-order valence-corrected chi connectivity index (χ2v) is 9.80. The van der Waals surface area contributed by atoms with Crippen molar-refractivity contribution in [1.82, 2.24) is 9.88 Å². The summed E-state index contributed by atoms with van der Waals surface area (Å²) in [6.07, 6.45) is 7.51. The molecule has 6 heteroatoms. The Hall–Kier alpha value is -2.86. The molecule has 1 saturated heterocycles. The largest absolute Gasteiger partial charge is 0.491 e. The molecule has 1 aromatic heterocycles. The first kappa shape index (κ1) is 24.8. The number of likely N-dealkylation sites (tertiary alicyclic amines) is 1. The number of methoxy groups -OCH3 is 1. The van der Waals surface area contributed by atoms with Crippen molar-refractivity contribution >= 4 is 17.2 Å². The molecule has 0 amide bonds. The van der Waals surface area contributed by atoms with E-state index in [-0.39, 0.29) is 0 Å². The quantitative estimate of drug-likeness (QED) is 0.334. The average molecular weight is 505 g/mol. The highest BCUT2D eigenvalue weighted by molar-refractivity contribution is 6.30. The lowest BCUT2D eigenvalue weighted by Gasteiger charge is -2.32. The summed E-state index contributed by atoms with van der Waals surface area (Å²) in [6.45, 7) is 4.80. The van der Waals surface area contributed by atoms with Crippen molar-refractivity contribution in [3.8, 4) is 11.5 Å². The summed E-state index contributed by atoms with van der Waals surface area (Å²) in [7, 11) is 1.68. The molecule has 188 valence electrons. The van der Waals surface area contributed by atoms with Gasteiger partial charge in [0.05, 0.1) is 12.3 Å². The zero-order valence-electron chi connectivity index (χ0n) is 20.8. The van der Waals surface area contributed by atoms with Gasteiger partial charge in [0, 0.05) is 36.0 Å². The molecule has 5 rings (SSSR count). The van der Waals surface area contributed by atoms with Gasteiger partial charge in [-0.3, -0.25) is 4.98 Å². The normalized spacial score (nSPS) is 17.2. The van der Waals surface area contributed by atoms with Crippen LogP contribution < -0.4 is 9.47 Å². The highest BCUT2D eigenvalue weighted by Crippen LogP contribution is 2.38. The fraction of sp³-hybridized carbons (Fsp3) is 0.367. The highest BCUT2D eigenvalue weighted by Gasteiger charge is 2.22. The standard InChI is InChI=1S/C30H33ClN2O3/c1-34-18-19-35-25-10-11-30-28(20-25)26(27-4-2-14-32-29(27)21-36-30)5-3-15-33-16-12-23(13-17-33)22-6-8-24(31)9-7-22/h2,4-11,14,20,23H,3,12-13,15-19,21H2,1H3. The monoisotopic (exact) mass is 504 g/mol. The van der Waals surface area contributed by atoms with E-state index in [1.807, 2.05) is 36.5 Å². The van der Waals surface area contributed by atoms with Crippen molar-refractivity contribution in [2.75, 3.05) is 40.0 Å². The van der Waals surface area contributed by atoms with Crippen LogP contribution >= 0.6 is 11.6 Å². The number of fused-ring (bicyclic) bond motifs is 2. The van der Waals surface area contributed by atoms with Gasteiger partial charge in [-0.15, -0.1) is 0 Å². The molecule has 0 atom stereocenters. The average Bonchev–Trinajstić information content (AvgIpc) is 3.07. The van der Waals surface area contributed by atoms with Crippen LogP contribution in [0, 0.1) is 0 Å². The van der Waals surface area contributed by atoms with Crippen LogP contribution in [0.2, 0.25) is 5.02 Å². The minimum atomic E-state index is 0.461. The molecule has 2 aliphatic rings. The lowest BCUT2D eigenvalue weighted by atomic mass is 9.89. The van der Waals surface area contributed by atoms with E-state index < -0.39 is 0 Å². The minimum Gasteiger partial charge on any atom is -0.491 e. The van der Waals surface area contributed by atoms with Gasteiger partial charge in [-0.25, -0.2) is 0 Å². The Kier molecular flexibility index (Phi) is 8.22. The second-order valence-electron chi connectivity index (χ2n) is 9.36. The van der Waals surface area contributed by atoms with E-state index in [1.54, 1.807) is 7.11 Å². The van der Waals surface area contributed by atoms with E-state index in [0.717, 1.165) is 59.4 Å². The predicted octanol–water partition coefficient (Wildman–Crippen LogP) is 6.35. The third-order valence-electron chi connectivity index (χ3n) is 7.06. The molecular weight excluding hydrogens is 472 g/mol. The number of pyridine rings is 1. The van der Waals surface area contributed by atoms with Crippen LogP contribution in [0.25, 0.3) is 5.57 Å². The van der Waals surface area contributed by atoms with Gasteiger partial charge in [0.2, 0.25) is 0 Å². The molecule has 5 nitrogen and oxygen atoms in total. The number of rotatable bonds is 8. The first-order valence-electron chi connectivity index (χ1n) is 12.7. The molecule has 0 N–H and O–H groups in total. The second kappa shape index (κ2) is 11.9. The number of ether oxygens (including phenoxy) is 3. The van der Waals surface area contributed by atoms with E-state index in [1.165, 1.54) is 24.0 Å². The van der Waals surface area contributed by atoms with Crippen molar-refractivity contribution < 1.29 is 14.2 Å². The molecule has 0 spiro atoms. The highest BCUT2D eigenvalue weighted by atomic mass is 35.5. The molecule has 36 heavy (non-hydrogen) atoms. The molecule has 2 aliphatic heterocycles. The summed E-state index contributed by atoms with van der Waals surface area (Å²) >= 11 is 6.07. The van der Waals surface area contributed by atoms with Gasteiger partial charge in [-0.1, -0.05) is 35.9 Å². The number of benzene rings is 2. The van der Waals surface area contributed by atoms with Gasteiger partial charge in [-0.05, 0) is 85.8 Å². The maximum absolute atomic E-state index is 6.14. The molecule has 0 radical (unpaired) electrons. The molecule has 0 saturated carbocycles. The van der Waals surface area contributed by atoms with Crippen LogP contribution in [0.3, 0.4) is 0 Å². The molecule has 2 aromatic carbocycles. The van der Waals surface area contributed by atoms with E-state index in [0.29, 0.717) is 25.7 Å². The summed E-state index contributed by atoms with van der Waals surface area (Å²) in [6, 6.07) is 18.5. The van der Waals surface area contributed by atoms with Crippen molar-refractivity contribution in [3.05, 3.63) is 94.3 Å². The van der Waals surface area contributed by atoms with Crippen LogP contribution in [-0.2, 0) is 11.3 Å². The van der Waals surface area contributed by atoms with Gasteiger partial charge >= 0.3 is 0 Å². The summed E-state index contributed by atoms with van der Waals surface area (Å²) < 4.78 is 17.2. The first-order valence-corrected chi connectivity index (χ1v) is 13.1. The molecule has 3 aromatic rings. The molecule has 0 bridgehead atoms. The fourth-order valence-corrected chi connectivity index (χ4v) is 5.23. The smallest absolute Gasteiger partial charge is 0.131 e. The van der Waals surface area contributed by atoms with Crippen LogP contribution in [0.15, 0.2) is 66.9 Å². The van der Waals surface area contributed by atoms with E-state index in [2.05, 4.69) is 40.2 Å². The number of piperidine rings is 1. The van der Waals surface area contributed by atoms with Crippen molar-refractivity contribution in [2.24, 2.45) is 0 Å². The molecule has 3 heterocycles. The van der Waals surface area contributed by atoms with Gasteiger partial charge in [-0.2, -0.15) is 0 Å². The summed E-state index contributed by atoms with van der Waals surface area (Å²) in [4.78, 5) is 7.18. The number of nitrogens with zero attached hydrogens (tertiary/aromatic N) is 2. The first-order chi connectivity index (χ1) is 17.7. The zero-order valence-corrected chi connectivity index (χ0v) is 21.5. The number of halogens is 1. The minimum absolute atomic E-state index is 0.461. The topological polar surface area (TPSA) is 43.8 Å². The maximum Gasteiger partial charge on any atom is 0.131 e. The molecular formula is C30H33ClN2O3.